The minimum atomic E-state index is -0.235. The van der Waals surface area contributed by atoms with Gasteiger partial charge >= 0.3 is 0 Å². The van der Waals surface area contributed by atoms with Gasteiger partial charge in [0.1, 0.15) is 12.4 Å². The first-order valence-corrected chi connectivity index (χ1v) is 13.4. The predicted octanol–water partition coefficient (Wildman–Crippen LogP) is 5.38. The number of carbonyl (C=O) groups is 1. The first-order valence-electron chi connectivity index (χ1n) is 13.4. The number of ether oxygens (including phenoxy) is 1. The molecule has 0 spiro atoms. The second kappa shape index (κ2) is 11.4. The number of hydrogen-bond donors (Lipinski definition) is 1. The number of hydrogen-bond acceptors (Lipinski definition) is 5. The molecule has 1 atom stereocenters. The molecule has 5 aromatic rings. The third-order valence-electron chi connectivity index (χ3n) is 7.18. The Morgan fingerprint density at radius 2 is 1.73 bits per heavy atom. The number of amides is 1. The molecule has 2 aromatic heterocycles. The largest absolute Gasteiger partial charge is 0.492 e. The Balaban J connectivity index is 1.45. The molecule has 1 amide bonds. The zero-order chi connectivity index (χ0) is 28.4. The lowest BCUT2D eigenvalue weighted by Gasteiger charge is -2.19. The second-order valence-electron chi connectivity index (χ2n) is 10.6. The fraction of sp³-hybridized carbons (Fsp3) is 0.281. The van der Waals surface area contributed by atoms with Crippen LogP contribution >= 0.6 is 0 Å². The van der Waals surface area contributed by atoms with Gasteiger partial charge in [-0.3, -0.25) is 14.2 Å². The highest BCUT2D eigenvalue weighted by atomic mass is 16.5. The molecule has 0 aliphatic heterocycles. The van der Waals surface area contributed by atoms with E-state index in [-0.39, 0.29) is 11.9 Å². The monoisotopic (exact) mass is 536 g/mol. The fourth-order valence-electron chi connectivity index (χ4n) is 4.77. The van der Waals surface area contributed by atoms with Gasteiger partial charge in [0.25, 0.3) is 5.91 Å². The topological polar surface area (TPSA) is 77.2 Å². The average molecular weight is 537 g/mol. The molecule has 0 aliphatic rings. The molecular formula is C32H36N6O2. The smallest absolute Gasteiger partial charge is 0.252 e. The number of nitrogens with zero attached hydrogens (tertiary/aromatic N) is 5. The van der Waals surface area contributed by atoms with Crippen LogP contribution in [0.5, 0.6) is 5.75 Å². The Morgan fingerprint density at radius 3 is 2.45 bits per heavy atom. The number of benzene rings is 3. The van der Waals surface area contributed by atoms with Crippen molar-refractivity contribution in [1.82, 2.24) is 29.8 Å². The van der Waals surface area contributed by atoms with Crippen molar-refractivity contribution in [2.24, 2.45) is 14.1 Å². The summed E-state index contributed by atoms with van der Waals surface area (Å²) in [5.74, 6) is 0.560. The van der Waals surface area contributed by atoms with Crippen molar-refractivity contribution < 1.29 is 9.53 Å². The van der Waals surface area contributed by atoms with Gasteiger partial charge in [0.05, 0.1) is 24.0 Å². The Labute approximate surface area is 235 Å². The number of nitrogens with one attached hydrogen (secondary N) is 1. The highest BCUT2D eigenvalue weighted by Crippen LogP contribution is 2.32. The molecule has 1 N–H and O–H groups in total. The van der Waals surface area contributed by atoms with Crippen LogP contribution in [-0.2, 0) is 14.1 Å². The molecular weight excluding hydrogens is 500 g/mol. The summed E-state index contributed by atoms with van der Waals surface area (Å²) in [4.78, 5) is 15.5. The molecule has 0 saturated carbocycles. The lowest BCUT2D eigenvalue weighted by molar-refractivity contribution is 0.0938. The molecule has 0 radical (unpaired) electrons. The Hall–Kier alpha value is -4.43. The molecule has 0 saturated heterocycles. The van der Waals surface area contributed by atoms with E-state index >= 15 is 0 Å². The second-order valence-corrected chi connectivity index (χ2v) is 10.6. The van der Waals surface area contributed by atoms with Crippen molar-refractivity contribution in [1.29, 1.82) is 0 Å². The Morgan fingerprint density at radius 1 is 0.950 bits per heavy atom. The first-order chi connectivity index (χ1) is 19.2. The van der Waals surface area contributed by atoms with Crippen molar-refractivity contribution in [3.05, 3.63) is 89.9 Å². The molecule has 0 unspecified atom stereocenters. The third-order valence-corrected chi connectivity index (χ3v) is 7.18. The molecule has 40 heavy (non-hydrogen) atoms. The Kier molecular flexibility index (Phi) is 7.71. The van der Waals surface area contributed by atoms with E-state index in [2.05, 4.69) is 56.8 Å². The van der Waals surface area contributed by atoms with E-state index in [1.807, 2.05) is 83.5 Å². The van der Waals surface area contributed by atoms with Gasteiger partial charge in [-0.05, 0) is 92.2 Å². The van der Waals surface area contributed by atoms with Crippen molar-refractivity contribution >= 4 is 16.8 Å². The van der Waals surface area contributed by atoms with Gasteiger partial charge in [0.15, 0.2) is 0 Å². The summed E-state index contributed by atoms with van der Waals surface area (Å²) in [6.07, 6.45) is 5.74. The maximum Gasteiger partial charge on any atom is 0.252 e. The van der Waals surface area contributed by atoms with Crippen LogP contribution in [0.4, 0.5) is 0 Å². The fourth-order valence-corrected chi connectivity index (χ4v) is 4.77. The molecule has 5 rings (SSSR count). The summed E-state index contributed by atoms with van der Waals surface area (Å²) in [7, 11) is 7.87. The van der Waals surface area contributed by atoms with Crippen LogP contribution in [0, 0.1) is 6.92 Å². The molecule has 0 bridgehead atoms. The molecule has 206 valence electrons. The number of aryl methyl sites for hydroxylation is 3. The van der Waals surface area contributed by atoms with Crippen LogP contribution in [-0.4, -0.2) is 57.6 Å². The first kappa shape index (κ1) is 27.1. The third kappa shape index (κ3) is 5.92. The molecule has 8 nitrogen and oxygen atoms in total. The summed E-state index contributed by atoms with van der Waals surface area (Å²) in [6, 6.07) is 18.2. The number of fused-ring (bicyclic) bond motifs is 1. The normalized spacial score (nSPS) is 12.2. The van der Waals surface area contributed by atoms with Gasteiger partial charge in [-0.25, -0.2) is 0 Å². The molecule has 0 fully saturated rings. The highest BCUT2D eigenvalue weighted by molar-refractivity contribution is 5.96. The van der Waals surface area contributed by atoms with Crippen LogP contribution < -0.4 is 10.1 Å². The molecule has 3 aromatic carbocycles. The molecule has 8 heteroatoms. The van der Waals surface area contributed by atoms with Gasteiger partial charge in [-0.1, -0.05) is 18.2 Å². The number of rotatable bonds is 9. The minimum absolute atomic E-state index is 0.132. The molecule has 2 heterocycles. The summed E-state index contributed by atoms with van der Waals surface area (Å²) in [5, 5.41) is 13.1. The summed E-state index contributed by atoms with van der Waals surface area (Å²) < 4.78 is 9.56. The van der Waals surface area contributed by atoms with Crippen molar-refractivity contribution in [3.8, 4) is 28.0 Å². The quantitative estimate of drug-likeness (QED) is 0.274. The highest BCUT2D eigenvalue weighted by Gasteiger charge is 2.17. The van der Waals surface area contributed by atoms with E-state index in [0.29, 0.717) is 17.9 Å². The van der Waals surface area contributed by atoms with Crippen molar-refractivity contribution in [2.75, 3.05) is 27.2 Å². The SMILES string of the molecule is Cc1ccc(OCCN(C)C)cc1C(=O)N[C@H](C)c1cc(-c2ccc3cnn(C)c3c2)cc(-c2cnn(C)c2)c1. The summed E-state index contributed by atoms with van der Waals surface area (Å²) in [5.41, 5.74) is 7.79. The van der Waals surface area contributed by atoms with E-state index in [1.54, 1.807) is 4.68 Å². The van der Waals surface area contributed by atoms with Crippen molar-refractivity contribution in [2.45, 2.75) is 19.9 Å². The van der Waals surface area contributed by atoms with Crippen LogP contribution in [0.1, 0.15) is 34.5 Å². The van der Waals surface area contributed by atoms with Gasteiger partial charge in [-0.2, -0.15) is 10.2 Å². The van der Waals surface area contributed by atoms with Crippen molar-refractivity contribution in [3.63, 3.8) is 0 Å². The van der Waals surface area contributed by atoms with Gasteiger partial charge in [0.2, 0.25) is 0 Å². The summed E-state index contributed by atoms with van der Waals surface area (Å²) in [6.45, 7) is 5.32. The van der Waals surface area contributed by atoms with Gasteiger partial charge in [0, 0.05) is 43.4 Å². The number of aromatic nitrogens is 4. The minimum Gasteiger partial charge on any atom is -0.492 e. The summed E-state index contributed by atoms with van der Waals surface area (Å²) >= 11 is 0. The van der Waals surface area contributed by atoms with E-state index in [1.165, 1.54) is 0 Å². The van der Waals surface area contributed by atoms with Crippen LogP contribution in [0.15, 0.2) is 73.2 Å². The van der Waals surface area contributed by atoms with E-state index in [9.17, 15) is 4.79 Å². The van der Waals surface area contributed by atoms with Crippen LogP contribution in [0.25, 0.3) is 33.2 Å². The van der Waals surface area contributed by atoms with E-state index in [4.69, 9.17) is 4.74 Å². The average Bonchev–Trinajstić information content (AvgIpc) is 3.54. The number of carbonyl (C=O) groups excluding carboxylic acids is 1. The standard InChI is InChI=1S/C32H36N6O2/c1-21-7-10-29(40-12-11-36(3)4)17-30(21)32(39)35-22(2)25-13-26(15-27(14-25)28-19-33-37(5)20-28)23-8-9-24-18-34-38(6)31(24)16-23/h7-10,13-20,22H,11-12H2,1-6H3,(H,35,39)/t22-/m1/s1. The zero-order valence-corrected chi connectivity index (χ0v) is 24.0. The predicted molar refractivity (Wildman–Crippen MR) is 159 cm³/mol. The number of likely N-dealkylation sites (N-methyl/N-ethyl adjacent to an activating group) is 1. The zero-order valence-electron chi connectivity index (χ0n) is 24.0. The maximum absolute atomic E-state index is 13.5. The van der Waals surface area contributed by atoms with Crippen LogP contribution in [0.2, 0.25) is 0 Å². The van der Waals surface area contributed by atoms with Gasteiger partial charge in [-0.15, -0.1) is 0 Å². The maximum atomic E-state index is 13.5. The molecule has 0 aliphatic carbocycles. The van der Waals surface area contributed by atoms with Crippen LogP contribution in [0.3, 0.4) is 0 Å². The van der Waals surface area contributed by atoms with Gasteiger partial charge < -0.3 is 15.0 Å². The lowest BCUT2D eigenvalue weighted by Crippen LogP contribution is -2.27. The van der Waals surface area contributed by atoms with E-state index in [0.717, 1.165) is 50.8 Å². The van der Waals surface area contributed by atoms with E-state index < -0.39 is 0 Å². The lowest BCUT2D eigenvalue weighted by atomic mass is 9.94. The Bertz CT molecular complexity index is 1670.